The monoisotopic (exact) mass is 283 g/mol. The Hall–Kier alpha value is -1.95. The van der Waals surface area contributed by atoms with Crippen LogP contribution in [0.5, 0.6) is 11.5 Å². The molecule has 112 valence electrons. The molecule has 0 aliphatic rings. The van der Waals surface area contributed by atoms with Gasteiger partial charge < -0.3 is 25.0 Å². The summed E-state index contributed by atoms with van der Waals surface area (Å²) in [6.07, 6.45) is -0.622. The molecule has 0 saturated heterocycles. The van der Waals surface area contributed by atoms with Gasteiger partial charge in [0, 0.05) is 0 Å². The van der Waals surface area contributed by atoms with Crippen LogP contribution in [0.4, 0.5) is 4.79 Å². The molecule has 0 spiro atoms. The second kappa shape index (κ2) is 6.47. The molecule has 0 heterocycles. The Labute approximate surface area is 118 Å². The van der Waals surface area contributed by atoms with Gasteiger partial charge >= 0.3 is 6.09 Å². The van der Waals surface area contributed by atoms with Crippen molar-refractivity contribution in [2.75, 3.05) is 13.7 Å². The number of hydrogen-bond donors (Lipinski definition) is 3. The predicted octanol–water partition coefficient (Wildman–Crippen LogP) is 1.96. The molecule has 0 bridgehead atoms. The molecule has 1 atom stereocenters. The number of aliphatic hydroxyl groups excluding tert-OH is 1. The molecule has 1 rings (SSSR count). The Balaban J connectivity index is 2.83. The highest BCUT2D eigenvalue weighted by atomic mass is 16.6. The maximum atomic E-state index is 11.7. The SMILES string of the molecule is COc1cc([C@@H](CO)NC(=O)OC(C)(C)C)ccc1O. The molecule has 6 nitrogen and oxygen atoms in total. The summed E-state index contributed by atoms with van der Waals surface area (Å²) >= 11 is 0. The number of ether oxygens (including phenoxy) is 2. The third-order valence-electron chi connectivity index (χ3n) is 2.48. The first-order valence-corrected chi connectivity index (χ1v) is 6.24. The van der Waals surface area contributed by atoms with E-state index in [2.05, 4.69) is 5.32 Å². The van der Waals surface area contributed by atoms with Gasteiger partial charge in [-0.15, -0.1) is 0 Å². The minimum atomic E-state index is -0.639. The summed E-state index contributed by atoms with van der Waals surface area (Å²) in [7, 11) is 1.42. The van der Waals surface area contributed by atoms with Crippen LogP contribution in [0.15, 0.2) is 18.2 Å². The van der Waals surface area contributed by atoms with Gasteiger partial charge in [0.2, 0.25) is 0 Å². The number of phenols is 1. The van der Waals surface area contributed by atoms with E-state index >= 15 is 0 Å². The van der Waals surface area contributed by atoms with Crippen LogP contribution in [0, 0.1) is 0 Å². The fourth-order valence-electron chi connectivity index (χ4n) is 1.60. The number of rotatable bonds is 4. The molecule has 0 aromatic heterocycles. The molecule has 3 N–H and O–H groups in total. The number of phenolic OH excluding ortho intramolecular Hbond substituents is 1. The van der Waals surface area contributed by atoms with Crippen molar-refractivity contribution < 1.29 is 24.5 Å². The number of carbonyl (C=O) groups is 1. The van der Waals surface area contributed by atoms with E-state index in [1.165, 1.54) is 13.2 Å². The second-order valence-electron chi connectivity index (χ2n) is 5.31. The van der Waals surface area contributed by atoms with Crippen LogP contribution >= 0.6 is 0 Å². The normalized spacial score (nSPS) is 12.7. The van der Waals surface area contributed by atoms with Crippen LogP contribution in [0.1, 0.15) is 32.4 Å². The number of carbonyl (C=O) groups excluding carboxylic acids is 1. The number of benzene rings is 1. The third-order valence-corrected chi connectivity index (χ3v) is 2.48. The van der Waals surface area contributed by atoms with Crippen molar-refractivity contribution in [1.82, 2.24) is 5.32 Å². The summed E-state index contributed by atoms with van der Waals surface area (Å²) < 4.78 is 10.1. The summed E-state index contributed by atoms with van der Waals surface area (Å²) in [6, 6.07) is 3.94. The van der Waals surface area contributed by atoms with Crippen LogP contribution in [0.25, 0.3) is 0 Å². The molecule has 1 aromatic rings. The highest BCUT2D eigenvalue weighted by Crippen LogP contribution is 2.28. The number of amides is 1. The molecule has 0 fully saturated rings. The van der Waals surface area contributed by atoms with Gasteiger partial charge in [0.25, 0.3) is 0 Å². The fourth-order valence-corrected chi connectivity index (χ4v) is 1.60. The highest BCUT2D eigenvalue weighted by Gasteiger charge is 2.20. The molecule has 1 amide bonds. The average Bonchev–Trinajstić information content (AvgIpc) is 2.34. The zero-order valence-corrected chi connectivity index (χ0v) is 12.1. The summed E-state index contributed by atoms with van der Waals surface area (Å²) in [5, 5.41) is 21.5. The van der Waals surface area contributed by atoms with Gasteiger partial charge in [-0.1, -0.05) is 6.07 Å². The van der Waals surface area contributed by atoms with Gasteiger partial charge in [-0.05, 0) is 38.5 Å². The Bertz CT molecular complexity index is 467. The Morgan fingerprint density at radius 2 is 2.05 bits per heavy atom. The average molecular weight is 283 g/mol. The number of hydrogen-bond acceptors (Lipinski definition) is 5. The van der Waals surface area contributed by atoms with E-state index in [4.69, 9.17) is 9.47 Å². The lowest BCUT2D eigenvalue weighted by molar-refractivity contribution is 0.0481. The summed E-state index contributed by atoms with van der Waals surface area (Å²) in [5.74, 6) is 0.261. The quantitative estimate of drug-likeness (QED) is 0.786. The lowest BCUT2D eigenvalue weighted by atomic mass is 10.1. The number of methoxy groups -OCH3 is 1. The van der Waals surface area contributed by atoms with Crippen LogP contribution in [0.3, 0.4) is 0 Å². The van der Waals surface area contributed by atoms with Crippen LogP contribution in [-0.2, 0) is 4.74 Å². The van der Waals surface area contributed by atoms with E-state index in [-0.39, 0.29) is 18.1 Å². The molecule has 1 aromatic carbocycles. The zero-order valence-electron chi connectivity index (χ0n) is 12.1. The molecule has 0 saturated carbocycles. The molecular formula is C14H21NO5. The Kier molecular flexibility index (Phi) is 5.21. The molecule has 0 unspecified atom stereocenters. The van der Waals surface area contributed by atoms with E-state index in [0.717, 1.165) is 0 Å². The highest BCUT2D eigenvalue weighted by molar-refractivity contribution is 5.68. The number of nitrogens with one attached hydrogen (secondary N) is 1. The first-order chi connectivity index (χ1) is 9.26. The second-order valence-corrected chi connectivity index (χ2v) is 5.31. The van der Waals surface area contributed by atoms with Crippen LogP contribution < -0.4 is 10.1 Å². The Morgan fingerprint density at radius 1 is 1.40 bits per heavy atom. The van der Waals surface area contributed by atoms with Gasteiger partial charge in [-0.25, -0.2) is 4.79 Å². The Morgan fingerprint density at radius 3 is 2.55 bits per heavy atom. The maximum absolute atomic E-state index is 11.7. The fraction of sp³-hybridized carbons (Fsp3) is 0.500. The summed E-state index contributed by atoms with van der Waals surface area (Å²) in [5.41, 5.74) is -0.00971. The first-order valence-electron chi connectivity index (χ1n) is 6.24. The van der Waals surface area contributed by atoms with E-state index in [1.807, 2.05) is 0 Å². The standard InChI is InChI=1S/C14H21NO5/c1-14(2,3)20-13(18)15-10(8-16)9-5-6-11(17)12(7-9)19-4/h5-7,10,16-17H,8H2,1-4H3,(H,15,18)/t10-/m1/s1. The maximum Gasteiger partial charge on any atom is 0.408 e. The van der Waals surface area contributed by atoms with Crippen LogP contribution in [0.2, 0.25) is 0 Å². The van der Waals surface area contributed by atoms with Crippen molar-refractivity contribution in [3.8, 4) is 11.5 Å². The van der Waals surface area contributed by atoms with Gasteiger partial charge in [0.1, 0.15) is 5.60 Å². The van der Waals surface area contributed by atoms with Crippen molar-refractivity contribution in [3.63, 3.8) is 0 Å². The van der Waals surface area contributed by atoms with E-state index < -0.39 is 17.7 Å². The van der Waals surface area contributed by atoms with E-state index in [9.17, 15) is 15.0 Å². The lowest BCUT2D eigenvalue weighted by Gasteiger charge is -2.23. The zero-order chi connectivity index (χ0) is 15.3. The third kappa shape index (κ3) is 4.62. The summed E-state index contributed by atoms with van der Waals surface area (Å²) in [6.45, 7) is 4.96. The predicted molar refractivity (Wildman–Crippen MR) is 73.9 cm³/mol. The smallest absolute Gasteiger partial charge is 0.408 e. The molecule has 6 heteroatoms. The number of aliphatic hydroxyl groups is 1. The molecule has 0 aliphatic carbocycles. The van der Waals surface area contributed by atoms with Crippen LogP contribution in [-0.4, -0.2) is 35.6 Å². The molecular weight excluding hydrogens is 262 g/mol. The topological polar surface area (TPSA) is 88.0 Å². The van der Waals surface area contributed by atoms with Gasteiger partial charge in [-0.2, -0.15) is 0 Å². The van der Waals surface area contributed by atoms with Crippen molar-refractivity contribution in [1.29, 1.82) is 0 Å². The first kappa shape index (κ1) is 16.1. The van der Waals surface area contributed by atoms with Crippen molar-refractivity contribution in [2.24, 2.45) is 0 Å². The minimum Gasteiger partial charge on any atom is -0.504 e. The van der Waals surface area contributed by atoms with E-state index in [0.29, 0.717) is 5.56 Å². The van der Waals surface area contributed by atoms with Crippen molar-refractivity contribution in [2.45, 2.75) is 32.4 Å². The van der Waals surface area contributed by atoms with Gasteiger partial charge in [0.05, 0.1) is 19.8 Å². The number of aromatic hydroxyl groups is 1. The largest absolute Gasteiger partial charge is 0.504 e. The molecule has 0 radical (unpaired) electrons. The lowest BCUT2D eigenvalue weighted by Crippen LogP contribution is -2.36. The minimum absolute atomic E-state index is 0.00907. The molecule has 20 heavy (non-hydrogen) atoms. The summed E-state index contributed by atoms with van der Waals surface area (Å²) in [4.78, 5) is 11.7. The van der Waals surface area contributed by atoms with Crippen molar-refractivity contribution >= 4 is 6.09 Å². The molecule has 0 aliphatic heterocycles. The van der Waals surface area contributed by atoms with Gasteiger partial charge in [0.15, 0.2) is 11.5 Å². The number of alkyl carbamates (subject to hydrolysis) is 1. The van der Waals surface area contributed by atoms with Gasteiger partial charge in [-0.3, -0.25) is 0 Å². The van der Waals surface area contributed by atoms with Crippen molar-refractivity contribution in [3.05, 3.63) is 23.8 Å². The van der Waals surface area contributed by atoms with E-state index in [1.54, 1.807) is 32.9 Å².